The molecule has 2 N–H and O–H groups in total. The van der Waals surface area contributed by atoms with Crippen LogP contribution in [-0.4, -0.2) is 30.9 Å². The Morgan fingerprint density at radius 2 is 1.96 bits per heavy atom. The van der Waals surface area contributed by atoms with E-state index >= 15 is 0 Å². The van der Waals surface area contributed by atoms with Gasteiger partial charge in [-0.1, -0.05) is 18.2 Å². The lowest BCUT2D eigenvalue weighted by molar-refractivity contribution is -0.134. The minimum Gasteiger partial charge on any atom is -0.462 e. The molecular formula is C17H20N2O4. The van der Waals surface area contributed by atoms with Crippen LogP contribution in [0.1, 0.15) is 30.1 Å². The summed E-state index contributed by atoms with van der Waals surface area (Å²) in [5.74, 6) is -1.23. The fraction of sp³-hybridized carbons (Fsp3) is 0.353. The predicted molar refractivity (Wildman–Crippen MR) is 85.9 cm³/mol. The molecule has 122 valence electrons. The highest BCUT2D eigenvalue weighted by atomic mass is 16.5. The molecule has 2 rings (SSSR count). The molecule has 1 saturated carbocycles. The molecule has 2 amide bonds. The van der Waals surface area contributed by atoms with Crippen molar-refractivity contribution in [3.8, 4) is 0 Å². The summed E-state index contributed by atoms with van der Waals surface area (Å²) in [6, 6.07) is 6.58. The van der Waals surface area contributed by atoms with E-state index in [1.54, 1.807) is 37.3 Å². The van der Waals surface area contributed by atoms with Crippen molar-refractivity contribution in [3.63, 3.8) is 0 Å². The van der Waals surface area contributed by atoms with Crippen LogP contribution in [0.4, 0.5) is 5.69 Å². The number of para-hydroxylation sites is 1. The molecule has 6 nitrogen and oxygen atoms in total. The molecule has 1 aliphatic rings. The number of hydrogen-bond acceptors (Lipinski definition) is 4. The first-order chi connectivity index (χ1) is 11.0. The topological polar surface area (TPSA) is 84.5 Å². The monoisotopic (exact) mass is 316 g/mol. The van der Waals surface area contributed by atoms with Crippen molar-refractivity contribution in [3.05, 3.63) is 42.5 Å². The Labute approximate surface area is 134 Å². The number of nitrogens with one attached hydrogen (secondary N) is 2. The van der Waals surface area contributed by atoms with E-state index in [1.165, 1.54) is 0 Å². The Balaban J connectivity index is 2.13. The highest BCUT2D eigenvalue weighted by molar-refractivity contribution is 6.14. The quantitative estimate of drug-likeness (QED) is 0.457. The van der Waals surface area contributed by atoms with Gasteiger partial charge in [0.2, 0.25) is 11.8 Å². The van der Waals surface area contributed by atoms with Crippen LogP contribution in [0.25, 0.3) is 0 Å². The number of anilines is 1. The largest absolute Gasteiger partial charge is 0.462 e. The standard InChI is InChI=1S/C17H20N2O4/c1-3-11-18-15(21)17(9-10-17)16(22)19-13-8-6-5-7-12(13)14(20)23-4-2/h3,5-8H,1,4,9-11H2,2H3,(H,18,21)(H,19,22). The van der Waals surface area contributed by atoms with Crippen LogP contribution < -0.4 is 10.6 Å². The summed E-state index contributed by atoms with van der Waals surface area (Å²) in [6.45, 7) is 5.80. The van der Waals surface area contributed by atoms with Gasteiger partial charge in [-0.2, -0.15) is 0 Å². The van der Waals surface area contributed by atoms with Crippen LogP contribution in [0.2, 0.25) is 0 Å². The second kappa shape index (κ2) is 7.09. The van der Waals surface area contributed by atoms with Gasteiger partial charge in [0, 0.05) is 6.54 Å². The maximum Gasteiger partial charge on any atom is 0.340 e. The molecule has 6 heteroatoms. The minimum atomic E-state index is -1.05. The lowest BCUT2D eigenvalue weighted by Crippen LogP contribution is -2.40. The van der Waals surface area contributed by atoms with Crippen LogP contribution in [0.3, 0.4) is 0 Å². The molecular weight excluding hydrogens is 296 g/mol. The molecule has 0 saturated heterocycles. The van der Waals surface area contributed by atoms with Crippen molar-refractivity contribution >= 4 is 23.5 Å². The number of hydrogen-bond donors (Lipinski definition) is 2. The van der Waals surface area contributed by atoms with Crippen molar-refractivity contribution < 1.29 is 19.1 Å². The maximum atomic E-state index is 12.5. The van der Waals surface area contributed by atoms with Gasteiger partial charge in [-0.15, -0.1) is 6.58 Å². The van der Waals surface area contributed by atoms with E-state index in [-0.39, 0.29) is 18.1 Å². The van der Waals surface area contributed by atoms with Gasteiger partial charge in [-0.25, -0.2) is 4.79 Å². The first kappa shape index (κ1) is 16.7. The van der Waals surface area contributed by atoms with Crippen LogP contribution in [-0.2, 0) is 14.3 Å². The van der Waals surface area contributed by atoms with Gasteiger partial charge in [0.15, 0.2) is 0 Å². The molecule has 1 aliphatic carbocycles. The zero-order chi connectivity index (χ0) is 16.9. The summed E-state index contributed by atoms with van der Waals surface area (Å²) >= 11 is 0. The predicted octanol–water partition coefficient (Wildman–Crippen LogP) is 1.88. The summed E-state index contributed by atoms with van der Waals surface area (Å²) in [4.78, 5) is 36.5. The number of carbonyl (C=O) groups excluding carboxylic acids is 3. The van der Waals surface area contributed by atoms with Crippen LogP contribution in [0.5, 0.6) is 0 Å². The van der Waals surface area contributed by atoms with Crippen molar-refractivity contribution in [2.24, 2.45) is 5.41 Å². The number of ether oxygens (including phenoxy) is 1. The van der Waals surface area contributed by atoms with Crippen LogP contribution >= 0.6 is 0 Å². The average Bonchev–Trinajstić information content (AvgIpc) is 3.35. The molecule has 1 fully saturated rings. The van der Waals surface area contributed by atoms with Crippen molar-refractivity contribution in [2.45, 2.75) is 19.8 Å². The van der Waals surface area contributed by atoms with E-state index in [2.05, 4.69) is 17.2 Å². The number of esters is 1. The molecule has 0 aromatic heterocycles. The van der Waals surface area contributed by atoms with E-state index in [0.717, 1.165) is 0 Å². The first-order valence-corrected chi connectivity index (χ1v) is 7.52. The second-order valence-electron chi connectivity index (χ2n) is 5.30. The van der Waals surface area contributed by atoms with Crippen LogP contribution in [0.15, 0.2) is 36.9 Å². The van der Waals surface area contributed by atoms with E-state index < -0.39 is 17.3 Å². The molecule has 0 unspecified atom stereocenters. The third kappa shape index (κ3) is 3.59. The molecule has 0 atom stereocenters. The molecule has 1 aromatic carbocycles. The fourth-order valence-electron chi connectivity index (χ4n) is 2.24. The third-order valence-corrected chi connectivity index (χ3v) is 3.70. The van der Waals surface area contributed by atoms with Gasteiger partial charge < -0.3 is 15.4 Å². The summed E-state index contributed by atoms with van der Waals surface area (Å²) < 4.78 is 4.97. The van der Waals surface area contributed by atoms with Gasteiger partial charge in [0.05, 0.1) is 17.9 Å². The molecule has 0 bridgehead atoms. The smallest absolute Gasteiger partial charge is 0.340 e. The van der Waals surface area contributed by atoms with Gasteiger partial charge in [-0.05, 0) is 31.9 Å². The van der Waals surface area contributed by atoms with Crippen molar-refractivity contribution in [1.29, 1.82) is 0 Å². The zero-order valence-electron chi connectivity index (χ0n) is 13.1. The zero-order valence-corrected chi connectivity index (χ0v) is 13.1. The highest BCUT2D eigenvalue weighted by Gasteiger charge is 2.56. The summed E-state index contributed by atoms with van der Waals surface area (Å²) in [5, 5.41) is 5.33. The number of rotatable bonds is 7. The Kier molecular flexibility index (Phi) is 5.16. The molecule has 23 heavy (non-hydrogen) atoms. The SMILES string of the molecule is C=CCNC(=O)C1(C(=O)Nc2ccccc2C(=O)OCC)CC1. The van der Waals surface area contributed by atoms with Gasteiger partial charge in [0.1, 0.15) is 5.41 Å². The number of carbonyl (C=O) groups is 3. The third-order valence-electron chi connectivity index (χ3n) is 3.70. The first-order valence-electron chi connectivity index (χ1n) is 7.52. The van der Waals surface area contributed by atoms with E-state index in [9.17, 15) is 14.4 Å². The Bertz CT molecular complexity index is 635. The summed E-state index contributed by atoms with van der Waals surface area (Å²) in [6.07, 6.45) is 2.54. The van der Waals surface area contributed by atoms with Crippen molar-refractivity contribution in [2.75, 3.05) is 18.5 Å². The van der Waals surface area contributed by atoms with E-state index in [4.69, 9.17) is 4.74 Å². The Hall–Kier alpha value is -2.63. The van der Waals surface area contributed by atoms with E-state index in [1.807, 2.05) is 0 Å². The van der Waals surface area contributed by atoms with Gasteiger partial charge in [0.25, 0.3) is 0 Å². The van der Waals surface area contributed by atoms with Crippen molar-refractivity contribution in [1.82, 2.24) is 5.32 Å². The lowest BCUT2D eigenvalue weighted by Gasteiger charge is -2.16. The molecule has 0 radical (unpaired) electrons. The molecule has 0 aliphatic heterocycles. The molecule has 0 spiro atoms. The maximum absolute atomic E-state index is 12.5. The number of benzene rings is 1. The number of amides is 2. The Morgan fingerprint density at radius 1 is 1.26 bits per heavy atom. The summed E-state index contributed by atoms with van der Waals surface area (Å²) in [5.41, 5.74) is -0.436. The summed E-state index contributed by atoms with van der Waals surface area (Å²) in [7, 11) is 0. The second-order valence-corrected chi connectivity index (χ2v) is 5.30. The fourth-order valence-corrected chi connectivity index (χ4v) is 2.24. The molecule has 1 aromatic rings. The average molecular weight is 316 g/mol. The van der Waals surface area contributed by atoms with E-state index in [0.29, 0.717) is 25.1 Å². The van der Waals surface area contributed by atoms with Crippen LogP contribution in [0, 0.1) is 5.41 Å². The van der Waals surface area contributed by atoms with Gasteiger partial charge >= 0.3 is 5.97 Å². The van der Waals surface area contributed by atoms with Gasteiger partial charge in [-0.3, -0.25) is 9.59 Å². The minimum absolute atomic E-state index is 0.245. The normalized spacial score (nSPS) is 14.5. The Morgan fingerprint density at radius 3 is 2.57 bits per heavy atom. The molecule has 0 heterocycles. The lowest BCUT2D eigenvalue weighted by atomic mass is 10.0. The highest BCUT2D eigenvalue weighted by Crippen LogP contribution is 2.47.